The van der Waals surface area contributed by atoms with Gasteiger partial charge in [0.05, 0.1) is 13.1 Å². The number of aryl methyl sites for hydroxylation is 2. The summed E-state index contributed by atoms with van der Waals surface area (Å²) in [5.74, 6) is 1.59. The third kappa shape index (κ3) is 10.4. The molecule has 26 heavy (non-hydrogen) atoms. The number of rotatable bonds is 18. The molecule has 0 radical (unpaired) electrons. The van der Waals surface area contributed by atoms with Crippen molar-refractivity contribution in [3.63, 3.8) is 0 Å². The highest BCUT2D eigenvalue weighted by Crippen LogP contribution is 2.11. The second-order valence-corrected chi connectivity index (χ2v) is 8.09. The number of aromatic nitrogens is 2. The molecule has 0 aliphatic rings. The van der Waals surface area contributed by atoms with Gasteiger partial charge >= 0.3 is 0 Å². The maximum atomic E-state index is 2.57. The van der Waals surface area contributed by atoms with Crippen LogP contribution in [0.1, 0.15) is 123 Å². The first kappa shape index (κ1) is 23.2. The lowest BCUT2D eigenvalue weighted by Gasteiger charge is -2.06. The average Bonchev–Trinajstić information content (AvgIpc) is 3.03. The smallest absolute Gasteiger partial charge is 0.234 e. The molecule has 0 N–H and O–H groups in total. The number of nitrogens with zero attached hydrogens (tertiary/aromatic N) is 2. The minimum absolute atomic E-state index is 1.22. The van der Waals surface area contributed by atoms with Crippen LogP contribution in [0.5, 0.6) is 0 Å². The van der Waals surface area contributed by atoms with E-state index in [1.54, 1.807) is 5.82 Å². The molecule has 0 atom stereocenters. The van der Waals surface area contributed by atoms with E-state index in [0.717, 1.165) is 0 Å². The van der Waals surface area contributed by atoms with Crippen LogP contribution in [0.4, 0.5) is 0 Å². The molecule has 2 heteroatoms. The van der Waals surface area contributed by atoms with Crippen molar-refractivity contribution in [2.24, 2.45) is 0 Å². The van der Waals surface area contributed by atoms with Crippen LogP contribution >= 0.6 is 0 Å². The van der Waals surface area contributed by atoms with E-state index in [4.69, 9.17) is 0 Å². The lowest BCUT2D eigenvalue weighted by Crippen LogP contribution is -2.37. The van der Waals surface area contributed by atoms with Crippen LogP contribution in [0, 0.1) is 0 Å². The van der Waals surface area contributed by atoms with E-state index < -0.39 is 0 Å². The molecule has 2 nitrogen and oxygen atoms in total. The Balaban J connectivity index is 2.47. The summed E-state index contributed by atoms with van der Waals surface area (Å²) in [6, 6.07) is 0. The van der Waals surface area contributed by atoms with Gasteiger partial charge in [-0.1, -0.05) is 85.0 Å². The second-order valence-electron chi connectivity index (χ2n) is 8.09. The Labute approximate surface area is 164 Å². The van der Waals surface area contributed by atoms with Crippen molar-refractivity contribution in [3.05, 3.63) is 18.2 Å². The van der Waals surface area contributed by atoms with Gasteiger partial charge in [0.25, 0.3) is 5.82 Å². The fourth-order valence-electron chi connectivity index (χ4n) is 3.85. The molecule has 0 fully saturated rings. The Morgan fingerprint density at radius 3 is 1.85 bits per heavy atom. The normalized spacial score (nSPS) is 11.3. The highest BCUT2D eigenvalue weighted by Gasteiger charge is 2.16. The van der Waals surface area contributed by atoms with Crippen molar-refractivity contribution in [1.29, 1.82) is 0 Å². The minimum atomic E-state index is 1.22. The second kappa shape index (κ2) is 16.4. The van der Waals surface area contributed by atoms with E-state index in [9.17, 15) is 0 Å². The van der Waals surface area contributed by atoms with Crippen LogP contribution in [0.3, 0.4) is 0 Å². The number of imidazole rings is 1. The van der Waals surface area contributed by atoms with Crippen molar-refractivity contribution in [2.45, 2.75) is 137 Å². The zero-order valence-corrected chi connectivity index (χ0v) is 18.3. The topological polar surface area (TPSA) is 8.81 Å². The molecule has 1 aromatic rings. The predicted molar refractivity (Wildman–Crippen MR) is 115 cm³/mol. The molecule has 0 saturated heterocycles. The summed E-state index contributed by atoms with van der Waals surface area (Å²) in [7, 11) is 0. The largest absolute Gasteiger partial charge is 0.256 e. The molecule has 0 bridgehead atoms. The fraction of sp³-hybridized carbons (Fsp3) is 0.875. The maximum absolute atomic E-state index is 2.57. The summed E-state index contributed by atoms with van der Waals surface area (Å²) in [6.07, 6.45) is 26.6. The summed E-state index contributed by atoms with van der Waals surface area (Å²) < 4.78 is 5.13. The first-order valence-corrected chi connectivity index (χ1v) is 11.9. The zero-order chi connectivity index (χ0) is 18.9. The molecular formula is C24H47N2+. The molecule has 1 heterocycles. The van der Waals surface area contributed by atoms with Crippen LogP contribution in [0.15, 0.2) is 12.4 Å². The quantitative estimate of drug-likeness (QED) is 0.192. The Kier molecular flexibility index (Phi) is 14.7. The van der Waals surface area contributed by atoms with Gasteiger partial charge < -0.3 is 0 Å². The SMILES string of the molecule is CCCCCCCCc1n(CCCCCC)cc[n+]1CCCCCCC. The van der Waals surface area contributed by atoms with Crippen molar-refractivity contribution < 1.29 is 4.57 Å². The zero-order valence-electron chi connectivity index (χ0n) is 18.3. The van der Waals surface area contributed by atoms with Gasteiger partial charge in [-0.2, -0.15) is 0 Å². The van der Waals surface area contributed by atoms with Crippen LogP contribution in [0.2, 0.25) is 0 Å². The molecular weight excluding hydrogens is 316 g/mol. The van der Waals surface area contributed by atoms with Gasteiger partial charge in [0.15, 0.2) is 0 Å². The molecule has 0 aromatic carbocycles. The van der Waals surface area contributed by atoms with Crippen LogP contribution in [-0.4, -0.2) is 4.57 Å². The summed E-state index contributed by atoms with van der Waals surface area (Å²) in [5, 5.41) is 0. The highest BCUT2D eigenvalue weighted by atomic mass is 15.1. The Morgan fingerprint density at radius 2 is 1.19 bits per heavy atom. The van der Waals surface area contributed by atoms with E-state index in [0.29, 0.717) is 0 Å². The summed E-state index contributed by atoms with van der Waals surface area (Å²) in [4.78, 5) is 0. The lowest BCUT2D eigenvalue weighted by molar-refractivity contribution is -0.704. The predicted octanol–water partition coefficient (Wildman–Crippen LogP) is 7.23. The molecule has 1 rings (SSSR count). The number of hydrogen-bond acceptors (Lipinski definition) is 0. The molecule has 0 unspecified atom stereocenters. The van der Waals surface area contributed by atoms with Gasteiger partial charge in [0.2, 0.25) is 0 Å². The molecule has 152 valence electrons. The van der Waals surface area contributed by atoms with Gasteiger partial charge in [-0.05, 0) is 32.1 Å². The molecule has 0 spiro atoms. The van der Waals surface area contributed by atoms with Gasteiger partial charge in [0.1, 0.15) is 12.4 Å². The van der Waals surface area contributed by atoms with Crippen molar-refractivity contribution in [1.82, 2.24) is 4.57 Å². The molecule has 0 aliphatic heterocycles. The average molecular weight is 364 g/mol. The highest BCUT2D eigenvalue weighted by molar-refractivity contribution is 4.84. The summed E-state index contributed by atoms with van der Waals surface area (Å²) >= 11 is 0. The van der Waals surface area contributed by atoms with Gasteiger partial charge in [-0.3, -0.25) is 0 Å². The van der Waals surface area contributed by atoms with Gasteiger partial charge in [-0.15, -0.1) is 0 Å². The monoisotopic (exact) mass is 363 g/mol. The molecule has 0 aliphatic carbocycles. The Morgan fingerprint density at radius 1 is 0.654 bits per heavy atom. The van der Waals surface area contributed by atoms with E-state index >= 15 is 0 Å². The maximum Gasteiger partial charge on any atom is 0.256 e. The van der Waals surface area contributed by atoms with Crippen molar-refractivity contribution in [3.8, 4) is 0 Å². The van der Waals surface area contributed by atoms with E-state index in [-0.39, 0.29) is 0 Å². The van der Waals surface area contributed by atoms with E-state index in [1.165, 1.54) is 116 Å². The van der Waals surface area contributed by atoms with Crippen molar-refractivity contribution >= 4 is 0 Å². The van der Waals surface area contributed by atoms with Crippen molar-refractivity contribution in [2.75, 3.05) is 0 Å². The van der Waals surface area contributed by atoms with Crippen LogP contribution in [-0.2, 0) is 19.5 Å². The molecule has 0 amide bonds. The van der Waals surface area contributed by atoms with E-state index in [2.05, 4.69) is 42.3 Å². The third-order valence-corrected chi connectivity index (χ3v) is 5.60. The third-order valence-electron chi connectivity index (χ3n) is 5.60. The number of unbranched alkanes of at least 4 members (excludes halogenated alkanes) is 12. The van der Waals surface area contributed by atoms with Crippen LogP contribution in [0.25, 0.3) is 0 Å². The van der Waals surface area contributed by atoms with E-state index in [1.807, 2.05) is 0 Å². The van der Waals surface area contributed by atoms with Crippen LogP contribution < -0.4 is 4.57 Å². The minimum Gasteiger partial charge on any atom is -0.234 e. The van der Waals surface area contributed by atoms with Gasteiger partial charge in [0, 0.05) is 6.42 Å². The fourth-order valence-corrected chi connectivity index (χ4v) is 3.85. The molecule has 1 aromatic heterocycles. The first-order valence-electron chi connectivity index (χ1n) is 11.9. The standard InChI is InChI=1S/C24H47N2/c1-4-7-10-13-14-16-19-24-25(20-17-12-9-6-3)22-23-26(24)21-18-15-11-8-5-2/h22-23H,4-21H2,1-3H3/q+1. The molecule has 0 saturated carbocycles. The van der Waals surface area contributed by atoms with Gasteiger partial charge in [-0.25, -0.2) is 9.13 Å². The Hall–Kier alpha value is -0.790. The first-order chi connectivity index (χ1) is 12.8. The summed E-state index contributed by atoms with van der Waals surface area (Å²) in [5.41, 5.74) is 0. The Bertz CT molecular complexity index is 422. The number of hydrogen-bond donors (Lipinski definition) is 0. The lowest BCUT2D eigenvalue weighted by atomic mass is 10.1. The summed E-state index contributed by atoms with van der Waals surface area (Å²) in [6.45, 7) is 9.33.